The molecule has 1 N–H and O–H groups in total. The van der Waals surface area contributed by atoms with Gasteiger partial charge in [0.15, 0.2) is 0 Å². The van der Waals surface area contributed by atoms with Crippen LogP contribution in [0.2, 0.25) is 0 Å². The lowest BCUT2D eigenvalue weighted by molar-refractivity contribution is -0.159. The smallest absolute Gasteiger partial charge is 0.345 e. The van der Waals surface area contributed by atoms with Crippen molar-refractivity contribution in [2.75, 3.05) is 0 Å². The van der Waals surface area contributed by atoms with E-state index < -0.39 is 23.8 Å². The van der Waals surface area contributed by atoms with E-state index in [1.165, 1.54) is 12.1 Å². The van der Waals surface area contributed by atoms with Gasteiger partial charge in [0.25, 0.3) is 5.91 Å². The van der Waals surface area contributed by atoms with Gasteiger partial charge in [-0.1, -0.05) is 29.4 Å². The number of nitrogens with one attached hydrogen (secondary N) is 1. The minimum absolute atomic E-state index is 0.124. The Morgan fingerprint density at radius 3 is 2.36 bits per heavy atom. The molecule has 0 saturated carbocycles. The molecular weight excluding hydrogens is 303 g/mol. The highest BCUT2D eigenvalue weighted by molar-refractivity contribution is 6.35. The SMILES string of the molecule is CC(=O)C(=O)NCc1ccc(-c2noc(C(F)(F)F)n2)cc1. The molecule has 9 heteroatoms. The fraction of sp³-hybridized carbons (Fsp3) is 0.231. The molecule has 2 aromatic rings. The Balaban J connectivity index is 2.07. The first-order valence-electron chi connectivity index (χ1n) is 6.06. The molecule has 1 aromatic heterocycles. The second-order valence-corrected chi connectivity index (χ2v) is 4.36. The van der Waals surface area contributed by atoms with Crippen molar-refractivity contribution in [3.8, 4) is 11.4 Å². The number of carbonyl (C=O) groups excluding carboxylic acids is 2. The minimum atomic E-state index is -4.69. The van der Waals surface area contributed by atoms with Crippen LogP contribution >= 0.6 is 0 Å². The Labute approximate surface area is 122 Å². The number of halogens is 3. The maximum atomic E-state index is 12.4. The fourth-order valence-electron chi connectivity index (χ4n) is 1.53. The number of carbonyl (C=O) groups is 2. The number of Topliss-reactive ketones (excluding diaryl/α,β-unsaturated/α-hetero) is 1. The summed E-state index contributed by atoms with van der Waals surface area (Å²) < 4.78 is 41.2. The van der Waals surface area contributed by atoms with Gasteiger partial charge in [-0.2, -0.15) is 18.2 Å². The fourth-order valence-corrected chi connectivity index (χ4v) is 1.53. The first-order chi connectivity index (χ1) is 10.3. The highest BCUT2D eigenvalue weighted by Crippen LogP contribution is 2.29. The van der Waals surface area contributed by atoms with E-state index in [0.717, 1.165) is 6.92 Å². The van der Waals surface area contributed by atoms with Crippen molar-refractivity contribution < 1.29 is 27.3 Å². The van der Waals surface area contributed by atoms with Gasteiger partial charge in [0.2, 0.25) is 11.6 Å². The van der Waals surface area contributed by atoms with Crippen LogP contribution in [0.3, 0.4) is 0 Å². The van der Waals surface area contributed by atoms with Crippen molar-refractivity contribution in [1.29, 1.82) is 0 Å². The van der Waals surface area contributed by atoms with Crippen molar-refractivity contribution in [1.82, 2.24) is 15.5 Å². The van der Waals surface area contributed by atoms with Crippen LogP contribution in [-0.4, -0.2) is 21.8 Å². The first kappa shape index (κ1) is 15.7. The lowest BCUT2D eigenvalue weighted by Crippen LogP contribution is -2.28. The van der Waals surface area contributed by atoms with Crippen molar-refractivity contribution >= 4 is 11.7 Å². The van der Waals surface area contributed by atoms with E-state index in [2.05, 4.69) is 20.0 Å². The first-order valence-corrected chi connectivity index (χ1v) is 6.06. The second kappa shape index (κ2) is 5.96. The summed E-state index contributed by atoms with van der Waals surface area (Å²) in [5.74, 6) is -2.92. The van der Waals surface area contributed by atoms with E-state index in [1.807, 2.05) is 0 Å². The Bertz CT molecular complexity index is 693. The summed E-state index contributed by atoms with van der Waals surface area (Å²) in [6.45, 7) is 1.27. The molecule has 22 heavy (non-hydrogen) atoms. The van der Waals surface area contributed by atoms with Gasteiger partial charge in [-0.3, -0.25) is 9.59 Å². The van der Waals surface area contributed by atoms with Gasteiger partial charge >= 0.3 is 12.1 Å². The maximum absolute atomic E-state index is 12.4. The number of aromatic nitrogens is 2. The van der Waals surface area contributed by atoms with Gasteiger partial charge in [0, 0.05) is 19.0 Å². The molecule has 2 rings (SSSR count). The molecular formula is C13H10F3N3O3. The van der Waals surface area contributed by atoms with E-state index in [1.54, 1.807) is 12.1 Å². The summed E-state index contributed by atoms with van der Waals surface area (Å²) in [5.41, 5.74) is 0.999. The number of nitrogens with zero attached hydrogens (tertiary/aromatic N) is 2. The summed E-state index contributed by atoms with van der Waals surface area (Å²) >= 11 is 0. The lowest BCUT2D eigenvalue weighted by Gasteiger charge is -2.03. The summed E-state index contributed by atoms with van der Waals surface area (Å²) in [5, 5.41) is 5.65. The van der Waals surface area contributed by atoms with Crippen molar-refractivity contribution in [3.05, 3.63) is 35.7 Å². The molecule has 1 heterocycles. The van der Waals surface area contributed by atoms with E-state index in [9.17, 15) is 22.8 Å². The second-order valence-electron chi connectivity index (χ2n) is 4.36. The molecule has 0 radical (unpaired) electrons. The molecule has 0 aliphatic heterocycles. The molecule has 6 nitrogen and oxygen atoms in total. The summed E-state index contributed by atoms with van der Waals surface area (Å²) in [6, 6.07) is 6.11. The predicted molar refractivity (Wildman–Crippen MR) is 67.3 cm³/mol. The van der Waals surface area contributed by atoms with Gasteiger partial charge in [-0.25, -0.2) is 0 Å². The zero-order valence-corrected chi connectivity index (χ0v) is 11.3. The number of benzene rings is 1. The van der Waals surface area contributed by atoms with Crippen LogP contribution in [0.25, 0.3) is 11.4 Å². The van der Waals surface area contributed by atoms with Crippen LogP contribution in [0, 0.1) is 0 Å². The lowest BCUT2D eigenvalue weighted by atomic mass is 10.1. The van der Waals surface area contributed by atoms with Crippen LogP contribution in [0.1, 0.15) is 18.4 Å². The van der Waals surface area contributed by atoms with Gasteiger partial charge in [0.1, 0.15) is 0 Å². The molecule has 0 saturated heterocycles. The third-order valence-electron chi connectivity index (χ3n) is 2.65. The summed E-state index contributed by atoms with van der Waals surface area (Å²) in [6.07, 6.45) is -4.69. The van der Waals surface area contributed by atoms with Crippen molar-refractivity contribution in [2.24, 2.45) is 0 Å². The monoisotopic (exact) mass is 313 g/mol. The standard InChI is InChI=1S/C13H10F3N3O3/c1-7(20)11(21)17-6-8-2-4-9(5-3-8)10-18-12(22-19-10)13(14,15)16/h2-5H,6H2,1H3,(H,17,21). The number of amides is 1. The Hall–Kier alpha value is -2.71. The van der Waals surface area contributed by atoms with E-state index in [-0.39, 0.29) is 12.4 Å². The molecule has 1 amide bonds. The number of rotatable bonds is 4. The topological polar surface area (TPSA) is 85.1 Å². The third kappa shape index (κ3) is 3.68. The molecule has 0 spiro atoms. The average Bonchev–Trinajstić information content (AvgIpc) is 2.95. The highest BCUT2D eigenvalue weighted by Gasteiger charge is 2.38. The predicted octanol–water partition coefficient (Wildman–Crippen LogP) is 1.96. The van der Waals surface area contributed by atoms with Crippen molar-refractivity contribution in [2.45, 2.75) is 19.6 Å². The molecule has 0 unspecified atom stereocenters. The molecule has 1 aromatic carbocycles. The Morgan fingerprint density at radius 2 is 1.86 bits per heavy atom. The number of alkyl halides is 3. The van der Waals surface area contributed by atoms with Crippen LogP contribution in [-0.2, 0) is 22.3 Å². The molecule has 0 bridgehead atoms. The van der Waals surface area contributed by atoms with Crippen LogP contribution < -0.4 is 5.32 Å². The Morgan fingerprint density at radius 1 is 1.23 bits per heavy atom. The molecule has 0 fully saturated rings. The quantitative estimate of drug-likeness (QED) is 0.872. The van der Waals surface area contributed by atoms with E-state index in [0.29, 0.717) is 11.1 Å². The minimum Gasteiger partial charge on any atom is -0.345 e. The highest BCUT2D eigenvalue weighted by atomic mass is 19.4. The Kier molecular flexibility index (Phi) is 4.25. The number of hydrogen-bond donors (Lipinski definition) is 1. The van der Waals surface area contributed by atoms with Crippen molar-refractivity contribution in [3.63, 3.8) is 0 Å². The van der Waals surface area contributed by atoms with Crippen LogP contribution in [0.15, 0.2) is 28.8 Å². The van der Waals surface area contributed by atoms with Crippen LogP contribution in [0.4, 0.5) is 13.2 Å². The largest absolute Gasteiger partial charge is 0.471 e. The molecule has 116 valence electrons. The average molecular weight is 313 g/mol. The zero-order valence-electron chi connectivity index (χ0n) is 11.3. The third-order valence-corrected chi connectivity index (χ3v) is 2.65. The number of hydrogen-bond acceptors (Lipinski definition) is 5. The molecule has 0 aliphatic carbocycles. The van der Waals surface area contributed by atoms with E-state index >= 15 is 0 Å². The van der Waals surface area contributed by atoms with Gasteiger partial charge in [0.05, 0.1) is 0 Å². The normalized spacial score (nSPS) is 11.3. The number of ketones is 1. The van der Waals surface area contributed by atoms with Gasteiger partial charge in [-0.05, 0) is 5.56 Å². The van der Waals surface area contributed by atoms with Gasteiger partial charge < -0.3 is 9.84 Å². The molecule has 0 atom stereocenters. The maximum Gasteiger partial charge on any atom is 0.471 e. The van der Waals surface area contributed by atoms with Gasteiger partial charge in [-0.15, -0.1) is 0 Å². The van der Waals surface area contributed by atoms with E-state index in [4.69, 9.17) is 0 Å². The summed E-state index contributed by atoms with van der Waals surface area (Å²) in [7, 11) is 0. The molecule has 0 aliphatic rings. The van der Waals surface area contributed by atoms with Crippen LogP contribution in [0.5, 0.6) is 0 Å². The summed E-state index contributed by atoms with van der Waals surface area (Å²) in [4.78, 5) is 25.1. The zero-order chi connectivity index (χ0) is 16.3.